The molecule has 1 aromatic rings. The minimum absolute atomic E-state index is 0.0991. The Morgan fingerprint density at radius 3 is 2.28 bits per heavy atom. The van der Waals surface area contributed by atoms with E-state index in [0.29, 0.717) is 5.56 Å². The lowest BCUT2D eigenvalue weighted by atomic mass is 10.0. The van der Waals surface area contributed by atoms with Gasteiger partial charge in [0.05, 0.1) is 12.0 Å². The van der Waals surface area contributed by atoms with Gasteiger partial charge in [0.2, 0.25) is 0 Å². The van der Waals surface area contributed by atoms with Gasteiger partial charge in [0.25, 0.3) is 5.69 Å². The number of carbonyl (C=O) groups excluding carboxylic acids is 1. The Kier molecular flexibility index (Phi) is 4.75. The van der Waals surface area contributed by atoms with Crippen molar-refractivity contribution in [2.45, 2.75) is 12.2 Å². The summed E-state index contributed by atoms with van der Waals surface area (Å²) in [7, 11) is 2.44. The maximum atomic E-state index is 11.3. The number of methoxy groups -OCH3 is 2. The third-order valence-electron chi connectivity index (χ3n) is 2.42. The van der Waals surface area contributed by atoms with Gasteiger partial charge in [-0.15, -0.1) is 0 Å². The Bertz CT molecular complexity index is 430. The lowest BCUT2D eigenvalue weighted by molar-refractivity contribution is -0.384. The highest BCUT2D eigenvalue weighted by Crippen LogP contribution is 2.22. The van der Waals surface area contributed by atoms with Gasteiger partial charge in [-0.05, 0) is 17.7 Å². The van der Waals surface area contributed by atoms with Gasteiger partial charge in [0.15, 0.2) is 6.10 Å². The van der Waals surface area contributed by atoms with Crippen LogP contribution in [0.5, 0.6) is 0 Å². The third kappa shape index (κ3) is 3.02. The standard InChI is InChI=1S/C11H13NO6/c1-17-10(11(14)18-2)9(13)7-3-5-8(6-4-7)12(15)16/h3-6,9-10,13H,1-2H3. The number of aliphatic hydroxyl groups is 1. The molecule has 7 heteroatoms. The van der Waals surface area contributed by atoms with Crippen molar-refractivity contribution in [3.63, 3.8) is 0 Å². The summed E-state index contributed by atoms with van der Waals surface area (Å²) < 4.78 is 9.31. The first kappa shape index (κ1) is 14.1. The smallest absolute Gasteiger partial charge is 0.338 e. The Balaban J connectivity index is 2.91. The SMILES string of the molecule is COC(=O)C(OC)C(O)c1ccc([N+](=O)[O-])cc1. The van der Waals surface area contributed by atoms with Gasteiger partial charge in [0, 0.05) is 19.2 Å². The Hall–Kier alpha value is -1.99. The first-order chi connectivity index (χ1) is 8.51. The normalized spacial score (nSPS) is 13.7. The summed E-state index contributed by atoms with van der Waals surface area (Å²) in [5.74, 6) is -0.719. The average Bonchev–Trinajstić information content (AvgIpc) is 2.39. The van der Waals surface area contributed by atoms with Crippen LogP contribution in [0.4, 0.5) is 5.69 Å². The van der Waals surface area contributed by atoms with Crippen molar-refractivity contribution in [2.24, 2.45) is 0 Å². The van der Waals surface area contributed by atoms with E-state index in [9.17, 15) is 20.0 Å². The Morgan fingerprint density at radius 2 is 1.89 bits per heavy atom. The second-order valence-corrected chi connectivity index (χ2v) is 3.47. The molecule has 0 radical (unpaired) electrons. The molecule has 1 rings (SSSR count). The molecule has 0 saturated heterocycles. The summed E-state index contributed by atoms with van der Waals surface area (Å²) in [6.07, 6.45) is -2.42. The lowest BCUT2D eigenvalue weighted by Gasteiger charge is -2.19. The van der Waals surface area contributed by atoms with Crippen LogP contribution in [0.25, 0.3) is 0 Å². The summed E-state index contributed by atoms with van der Waals surface area (Å²) in [5, 5.41) is 20.4. The fourth-order valence-electron chi connectivity index (χ4n) is 1.44. The molecule has 0 bridgehead atoms. The molecular formula is C11H13NO6. The zero-order chi connectivity index (χ0) is 13.7. The number of aliphatic hydroxyl groups excluding tert-OH is 1. The van der Waals surface area contributed by atoms with Crippen molar-refractivity contribution in [2.75, 3.05) is 14.2 Å². The molecule has 98 valence electrons. The molecule has 7 nitrogen and oxygen atoms in total. The van der Waals surface area contributed by atoms with E-state index in [-0.39, 0.29) is 5.69 Å². The Labute approximate surface area is 103 Å². The average molecular weight is 255 g/mol. The van der Waals surface area contributed by atoms with Crippen LogP contribution in [0.1, 0.15) is 11.7 Å². The topological polar surface area (TPSA) is 98.9 Å². The van der Waals surface area contributed by atoms with Crippen LogP contribution in [0.3, 0.4) is 0 Å². The highest BCUT2D eigenvalue weighted by Gasteiger charge is 2.29. The molecule has 0 heterocycles. The highest BCUT2D eigenvalue weighted by molar-refractivity contribution is 5.75. The predicted molar refractivity (Wildman–Crippen MR) is 60.9 cm³/mol. The number of hydrogen-bond donors (Lipinski definition) is 1. The van der Waals surface area contributed by atoms with Crippen LogP contribution in [0, 0.1) is 10.1 Å². The molecule has 18 heavy (non-hydrogen) atoms. The van der Waals surface area contributed by atoms with Gasteiger partial charge in [0.1, 0.15) is 6.10 Å². The van der Waals surface area contributed by atoms with Crippen LogP contribution >= 0.6 is 0 Å². The fourth-order valence-corrected chi connectivity index (χ4v) is 1.44. The summed E-state index contributed by atoms with van der Waals surface area (Å²) in [4.78, 5) is 21.2. The maximum absolute atomic E-state index is 11.3. The van der Waals surface area contributed by atoms with Crippen LogP contribution in [-0.2, 0) is 14.3 Å². The summed E-state index contributed by atoms with van der Waals surface area (Å²) in [5.41, 5.74) is 0.232. The van der Waals surface area contributed by atoms with Crippen LogP contribution in [-0.4, -0.2) is 36.3 Å². The number of non-ortho nitro benzene ring substituents is 1. The van der Waals surface area contributed by atoms with E-state index in [4.69, 9.17) is 4.74 Å². The maximum Gasteiger partial charge on any atom is 0.338 e. The quantitative estimate of drug-likeness (QED) is 0.475. The van der Waals surface area contributed by atoms with Crippen molar-refractivity contribution < 1.29 is 24.3 Å². The second kappa shape index (κ2) is 6.08. The number of nitrogens with zero attached hydrogens (tertiary/aromatic N) is 1. The molecule has 0 aliphatic rings. The van der Waals surface area contributed by atoms with Crippen molar-refractivity contribution in [1.29, 1.82) is 0 Å². The van der Waals surface area contributed by atoms with Crippen molar-refractivity contribution in [1.82, 2.24) is 0 Å². The van der Waals surface area contributed by atoms with Gasteiger partial charge < -0.3 is 14.6 Å². The summed E-state index contributed by atoms with van der Waals surface area (Å²) in [6.45, 7) is 0. The molecule has 0 spiro atoms. The van der Waals surface area contributed by atoms with E-state index < -0.39 is 23.1 Å². The number of nitro groups is 1. The number of carbonyl (C=O) groups is 1. The van der Waals surface area contributed by atoms with Gasteiger partial charge in [-0.25, -0.2) is 4.79 Å². The van der Waals surface area contributed by atoms with E-state index in [1.54, 1.807) is 0 Å². The minimum atomic E-state index is -1.25. The fraction of sp³-hybridized carbons (Fsp3) is 0.364. The number of nitro benzene ring substituents is 1. The van der Waals surface area contributed by atoms with Crippen molar-refractivity contribution >= 4 is 11.7 Å². The zero-order valence-electron chi connectivity index (χ0n) is 9.90. The molecular weight excluding hydrogens is 242 g/mol. The summed E-state index contributed by atoms with van der Waals surface area (Å²) >= 11 is 0. The van der Waals surface area contributed by atoms with Crippen molar-refractivity contribution in [3.8, 4) is 0 Å². The molecule has 0 aliphatic heterocycles. The third-order valence-corrected chi connectivity index (χ3v) is 2.42. The van der Waals surface area contributed by atoms with Gasteiger partial charge in [-0.1, -0.05) is 0 Å². The monoisotopic (exact) mass is 255 g/mol. The number of ether oxygens (including phenoxy) is 2. The van der Waals surface area contributed by atoms with E-state index in [1.165, 1.54) is 38.5 Å². The molecule has 2 unspecified atom stereocenters. The van der Waals surface area contributed by atoms with E-state index in [0.717, 1.165) is 0 Å². The molecule has 1 N–H and O–H groups in total. The molecule has 0 aromatic heterocycles. The molecule has 1 aromatic carbocycles. The van der Waals surface area contributed by atoms with Gasteiger partial charge in [-0.3, -0.25) is 10.1 Å². The van der Waals surface area contributed by atoms with Crippen LogP contribution < -0.4 is 0 Å². The van der Waals surface area contributed by atoms with Crippen LogP contribution in [0.15, 0.2) is 24.3 Å². The van der Waals surface area contributed by atoms with Crippen molar-refractivity contribution in [3.05, 3.63) is 39.9 Å². The largest absolute Gasteiger partial charge is 0.467 e. The zero-order valence-corrected chi connectivity index (χ0v) is 9.90. The second-order valence-electron chi connectivity index (χ2n) is 3.47. The minimum Gasteiger partial charge on any atom is -0.467 e. The van der Waals surface area contributed by atoms with E-state index in [2.05, 4.69) is 4.74 Å². The summed E-state index contributed by atoms with van der Waals surface area (Å²) in [6, 6.07) is 5.20. The molecule has 0 saturated carbocycles. The molecule has 0 aliphatic carbocycles. The van der Waals surface area contributed by atoms with Crippen LogP contribution in [0.2, 0.25) is 0 Å². The van der Waals surface area contributed by atoms with E-state index >= 15 is 0 Å². The number of hydrogen-bond acceptors (Lipinski definition) is 6. The Morgan fingerprint density at radius 1 is 1.33 bits per heavy atom. The lowest BCUT2D eigenvalue weighted by Crippen LogP contribution is -2.31. The molecule has 0 fully saturated rings. The number of rotatable bonds is 5. The van der Waals surface area contributed by atoms with E-state index in [1.807, 2.05) is 0 Å². The first-order valence-electron chi connectivity index (χ1n) is 5.04. The highest BCUT2D eigenvalue weighted by atomic mass is 16.6. The number of esters is 1. The van der Waals surface area contributed by atoms with Gasteiger partial charge >= 0.3 is 5.97 Å². The molecule has 0 amide bonds. The predicted octanol–water partition coefficient (Wildman–Crippen LogP) is 0.816. The molecule has 2 atom stereocenters. The number of benzene rings is 1. The van der Waals surface area contributed by atoms with Gasteiger partial charge in [-0.2, -0.15) is 0 Å². The first-order valence-corrected chi connectivity index (χ1v) is 5.04.